The SMILES string of the molecule is CCOc1ccc(CCNc2ncccc2C(=O)Nc2c(C)cccc2C)cc1OCC. The Bertz CT molecular complexity index is 1050. The van der Waals surface area contributed by atoms with Gasteiger partial charge in [0.15, 0.2) is 11.5 Å². The van der Waals surface area contributed by atoms with Crippen LogP contribution in [0.2, 0.25) is 0 Å². The Hall–Kier alpha value is -3.54. The molecule has 0 spiro atoms. The van der Waals surface area contributed by atoms with Crippen molar-refractivity contribution in [3.05, 3.63) is 77.0 Å². The molecule has 0 saturated carbocycles. The van der Waals surface area contributed by atoms with Gasteiger partial charge in [-0.2, -0.15) is 0 Å². The Labute approximate surface area is 190 Å². The molecule has 0 radical (unpaired) electrons. The maximum atomic E-state index is 13.0. The summed E-state index contributed by atoms with van der Waals surface area (Å²) >= 11 is 0. The van der Waals surface area contributed by atoms with Crippen molar-refractivity contribution in [1.82, 2.24) is 4.98 Å². The molecule has 0 bridgehead atoms. The normalized spacial score (nSPS) is 10.5. The van der Waals surface area contributed by atoms with Crippen LogP contribution in [-0.4, -0.2) is 30.6 Å². The number of hydrogen-bond acceptors (Lipinski definition) is 5. The second-order valence-corrected chi connectivity index (χ2v) is 7.44. The third-order valence-corrected chi connectivity index (χ3v) is 5.09. The van der Waals surface area contributed by atoms with Crippen molar-refractivity contribution >= 4 is 17.4 Å². The molecule has 0 unspecified atom stereocenters. The van der Waals surface area contributed by atoms with E-state index in [-0.39, 0.29) is 5.91 Å². The fourth-order valence-electron chi connectivity index (χ4n) is 3.50. The first-order chi connectivity index (χ1) is 15.5. The van der Waals surface area contributed by atoms with Crippen molar-refractivity contribution in [2.24, 2.45) is 0 Å². The Morgan fingerprint density at radius 2 is 1.66 bits per heavy atom. The molecule has 32 heavy (non-hydrogen) atoms. The molecule has 3 aromatic rings. The number of amides is 1. The van der Waals surface area contributed by atoms with Gasteiger partial charge in [0, 0.05) is 18.4 Å². The van der Waals surface area contributed by atoms with E-state index in [9.17, 15) is 4.79 Å². The second-order valence-electron chi connectivity index (χ2n) is 7.44. The summed E-state index contributed by atoms with van der Waals surface area (Å²) in [5.74, 6) is 1.88. The highest BCUT2D eigenvalue weighted by molar-refractivity contribution is 6.08. The maximum Gasteiger partial charge on any atom is 0.259 e. The highest BCUT2D eigenvalue weighted by atomic mass is 16.5. The lowest BCUT2D eigenvalue weighted by molar-refractivity contribution is 0.102. The van der Waals surface area contributed by atoms with Crippen molar-refractivity contribution in [1.29, 1.82) is 0 Å². The van der Waals surface area contributed by atoms with Gasteiger partial charge in [0.25, 0.3) is 5.91 Å². The highest BCUT2D eigenvalue weighted by Crippen LogP contribution is 2.29. The lowest BCUT2D eigenvalue weighted by Gasteiger charge is -2.15. The van der Waals surface area contributed by atoms with E-state index in [4.69, 9.17) is 9.47 Å². The van der Waals surface area contributed by atoms with E-state index in [2.05, 4.69) is 15.6 Å². The summed E-state index contributed by atoms with van der Waals surface area (Å²) in [6.45, 7) is 9.67. The molecule has 168 valence electrons. The summed E-state index contributed by atoms with van der Waals surface area (Å²) in [4.78, 5) is 17.4. The summed E-state index contributed by atoms with van der Waals surface area (Å²) in [6, 6.07) is 15.5. The van der Waals surface area contributed by atoms with Crippen LogP contribution >= 0.6 is 0 Å². The number of aromatic nitrogens is 1. The first-order valence-electron chi connectivity index (χ1n) is 11.0. The number of aryl methyl sites for hydroxylation is 2. The molecule has 6 nitrogen and oxygen atoms in total. The van der Waals surface area contributed by atoms with Crippen molar-refractivity contribution in [3.63, 3.8) is 0 Å². The van der Waals surface area contributed by atoms with Crippen molar-refractivity contribution in [2.45, 2.75) is 34.1 Å². The van der Waals surface area contributed by atoms with E-state index in [1.54, 1.807) is 18.3 Å². The van der Waals surface area contributed by atoms with Crippen LogP contribution in [0.1, 0.15) is 40.9 Å². The molecule has 2 N–H and O–H groups in total. The monoisotopic (exact) mass is 433 g/mol. The van der Waals surface area contributed by atoms with Gasteiger partial charge in [-0.05, 0) is 75.1 Å². The number of carbonyl (C=O) groups is 1. The van der Waals surface area contributed by atoms with Crippen LogP contribution in [0, 0.1) is 13.8 Å². The van der Waals surface area contributed by atoms with Crippen LogP contribution < -0.4 is 20.1 Å². The fourth-order valence-corrected chi connectivity index (χ4v) is 3.50. The molecule has 6 heteroatoms. The number of rotatable bonds is 10. The number of nitrogens with one attached hydrogen (secondary N) is 2. The Kier molecular flexibility index (Phi) is 8.08. The van der Waals surface area contributed by atoms with E-state index >= 15 is 0 Å². The Balaban J connectivity index is 1.68. The fraction of sp³-hybridized carbons (Fsp3) is 0.308. The largest absolute Gasteiger partial charge is 0.490 e. The van der Waals surface area contributed by atoms with Gasteiger partial charge in [0.2, 0.25) is 0 Å². The molecule has 0 saturated heterocycles. The van der Waals surface area contributed by atoms with E-state index in [0.717, 1.165) is 40.3 Å². The number of hydrogen-bond donors (Lipinski definition) is 2. The lowest BCUT2D eigenvalue weighted by atomic mass is 10.1. The number of anilines is 2. The summed E-state index contributed by atoms with van der Waals surface area (Å²) < 4.78 is 11.3. The van der Waals surface area contributed by atoms with Crippen LogP contribution in [0.3, 0.4) is 0 Å². The second kappa shape index (κ2) is 11.2. The van der Waals surface area contributed by atoms with Gasteiger partial charge in [0.1, 0.15) is 5.82 Å². The molecule has 0 aliphatic rings. The number of para-hydroxylation sites is 1. The molecular weight excluding hydrogens is 402 g/mol. The van der Waals surface area contributed by atoms with E-state index < -0.39 is 0 Å². The van der Waals surface area contributed by atoms with Crippen LogP contribution in [0.25, 0.3) is 0 Å². The van der Waals surface area contributed by atoms with E-state index in [0.29, 0.717) is 31.1 Å². The summed E-state index contributed by atoms with van der Waals surface area (Å²) in [6.07, 6.45) is 2.43. The zero-order valence-corrected chi connectivity index (χ0v) is 19.2. The molecule has 1 amide bonds. The quantitative estimate of drug-likeness (QED) is 0.448. The van der Waals surface area contributed by atoms with Crippen LogP contribution in [0.5, 0.6) is 11.5 Å². The number of pyridine rings is 1. The molecule has 1 heterocycles. The Morgan fingerprint density at radius 3 is 2.38 bits per heavy atom. The smallest absolute Gasteiger partial charge is 0.259 e. The summed E-state index contributed by atoms with van der Waals surface area (Å²) in [5.41, 5.74) is 4.51. The third-order valence-electron chi connectivity index (χ3n) is 5.09. The van der Waals surface area contributed by atoms with Crippen LogP contribution in [-0.2, 0) is 6.42 Å². The Morgan fingerprint density at radius 1 is 0.938 bits per heavy atom. The van der Waals surface area contributed by atoms with Crippen molar-refractivity contribution in [3.8, 4) is 11.5 Å². The number of ether oxygens (including phenoxy) is 2. The predicted molar refractivity (Wildman–Crippen MR) is 129 cm³/mol. The average molecular weight is 434 g/mol. The minimum Gasteiger partial charge on any atom is -0.490 e. The zero-order valence-electron chi connectivity index (χ0n) is 19.2. The van der Waals surface area contributed by atoms with Crippen LogP contribution in [0.4, 0.5) is 11.5 Å². The van der Waals surface area contributed by atoms with Gasteiger partial charge in [-0.25, -0.2) is 4.98 Å². The van der Waals surface area contributed by atoms with Crippen molar-refractivity contribution < 1.29 is 14.3 Å². The van der Waals surface area contributed by atoms with Gasteiger partial charge < -0.3 is 20.1 Å². The third kappa shape index (κ3) is 5.78. The van der Waals surface area contributed by atoms with Gasteiger partial charge >= 0.3 is 0 Å². The van der Waals surface area contributed by atoms with E-state index in [1.807, 2.05) is 64.1 Å². The van der Waals surface area contributed by atoms with Crippen molar-refractivity contribution in [2.75, 3.05) is 30.4 Å². The average Bonchev–Trinajstić information content (AvgIpc) is 2.78. The van der Waals surface area contributed by atoms with E-state index in [1.165, 1.54) is 0 Å². The molecule has 3 rings (SSSR count). The molecular formula is C26H31N3O3. The molecule has 0 fully saturated rings. The van der Waals surface area contributed by atoms with Crippen LogP contribution in [0.15, 0.2) is 54.7 Å². The zero-order chi connectivity index (χ0) is 22.9. The maximum absolute atomic E-state index is 13.0. The molecule has 0 aliphatic heterocycles. The number of nitrogens with zero attached hydrogens (tertiary/aromatic N) is 1. The summed E-state index contributed by atoms with van der Waals surface area (Å²) in [5, 5.41) is 6.34. The first-order valence-corrected chi connectivity index (χ1v) is 11.0. The molecule has 1 aromatic heterocycles. The van der Waals surface area contributed by atoms with Gasteiger partial charge in [-0.15, -0.1) is 0 Å². The topological polar surface area (TPSA) is 72.5 Å². The number of carbonyl (C=O) groups excluding carboxylic acids is 1. The highest BCUT2D eigenvalue weighted by Gasteiger charge is 2.14. The number of benzene rings is 2. The minimum atomic E-state index is -0.183. The summed E-state index contributed by atoms with van der Waals surface area (Å²) in [7, 11) is 0. The van der Waals surface area contributed by atoms with Gasteiger partial charge in [0.05, 0.1) is 18.8 Å². The first kappa shape index (κ1) is 23.1. The standard InChI is InChI=1S/C26H31N3O3/c1-5-31-22-13-12-20(17-23(22)32-6-2)14-16-28-25-21(11-8-15-27-25)26(30)29-24-18(3)9-7-10-19(24)4/h7-13,15,17H,5-6,14,16H2,1-4H3,(H,27,28)(H,29,30). The molecule has 0 atom stereocenters. The minimum absolute atomic E-state index is 0.183. The molecule has 0 aliphatic carbocycles. The van der Waals surface area contributed by atoms with Gasteiger partial charge in [-0.3, -0.25) is 4.79 Å². The van der Waals surface area contributed by atoms with Gasteiger partial charge in [-0.1, -0.05) is 24.3 Å². The predicted octanol–water partition coefficient (Wildman–Crippen LogP) is 5.40. The lowest BCUT2D eigenvalue weighted by Crippen LogP contribution is -2.17. The molecule has 2 aromatic carbocycles.